The molecule has 6 rings (SSSR count). The van der Waals surface area contributed by atoms with E-state index in [0.29, 0.717) is 29.2 Å². The molecule has 0 bridgehead atoms. The molecule has 0 saturated carbocycles. The first-order chi connectivity index (χ1) is 19.9. The molecule has 1 aromatic heterocycles. The van der Waals surface area contributed by atoms with E-state index in [1.54, 1.807) is 39.1 Å². The Hall–Kier alpha value is -4.81. The number of hydrazone groups is 1. The molecule has 0 radical (unpaired) electrons. The van der Waals surface area contributed by atoms with E-state index in [2.05, 4.69) is 37.2 Å². The molecular weight excluding hydrogens is 544 g/mol. The minimum Gasteiger partial charge on any atom is -0.366 e. The molecule has 210 valence electrons. The highest BCUT2D eigenvalue weighted by Crippen LogP contribution is 2.34. The summed E-state index contributed by atoms with van der Waals surface area (Å²) >= 11 is 6.26. The van der Waals surface area contributed by atoms with Gasteiger partial charge in [0.2, 0.25) is 5.91 Å². The van der Waals surface area contributed by atoms with E-state index in [1.807, 2.05) is 56.7 Å². The summed E-state index contributed by atoms with van der Waals surface area (Å²) < 4.78 is 1.76. The van der Waals surface area contributed by atoms with E-state index >= 15 is 0 Å². The predicted molar refractivity (Wildman–Crippen MR) is 157 cm³/mol. The standard InChI is InChI=1S/C28H29ClN10O2/c1-17-25-22(34-37(17)2)11-14-38(24(40)10-5-19-15-20(29)6-9-23(19)39-16-32-35-36-39)26(25)28(41)33-21-7-3-18(4-8-21)27-30-12-13-31-27/h3-10,12-13,15-16,26-27,30-31,35-36H,11,14H2,1-2H3,(H,33,41)/b10-5+. The van der Waals surface area contributed by atoms with Crippen LogP contribution in [-0.4, -0.2) is 39.4 Å². The second-order valence-corrected chi connectivity index (χ2v) is 10.3. The average molecular weight is 573 g/mol. The van der Waals surface area contributed by atoms with E-state index in [1.165, 1.54) is 6.08 Å². The number of fused-ring (bicyclic) bond motifs is 1. The van der Waals surface area contributed by atoms with Gasteiger partial charge in [0.25, 0.3) is 5.91 Å². The van der Waals surface area contributed by atoms with Crippen molar-refractivity contribution in [1.29, 1.82) is 0 Å². The van der Waals surface area contributed by atoms with Gasteiger partial charge in [-0.05, 0) is 48.9 Å². The summed E-state index contributed by atoms with van der Waals surface area (Å²) in [6.45, 7) is 2.26. The molecule has 3 aliphatic heterocycles. The number of nitrogens with zero attached hydrogens (tertiary/aromatic N) is 5. The largest absolute Gasteiger partial charge is 0.366 e. The number of amides is 2. The van der Waals surface area contributed by atoms with Crippen LogP contribution in [-0.2, 0) is 23.1 Å². The number of hydrazine groups is 2. The van der Waals surface area contributed by atoms with Gasteiger partial charge in [-0.15, -0.1) is 5.53 Å². The third kappa shape index (κ3) is 5.22. The Morgan fingerprint density at radius 3 is 2.63 bits per heavy atom. The van der Waals surface area contributed by atoms with Crippen LogP contribution in [0, 0.1) is 6.92 Å². The summed E-state index contributed by atoms with van der Waals surface area (Å²) in [6.07, 6.45) is 8.96. The normalized spacial score (nSPS) is 17.9. The van der Waals surface area contributed by atoms with Crippen molar-refractivity contribution in [3.05, 3.63) is 94.0 Å². The number of carbonyl (C=O) groups excluding carboxylic acids is 2. The van der Waals surface area contributed by atoms with Crippen LogP contribution in [0.15, 0.2) is 66.0 Å². The molecule has 1 unspecified atom stereocenters. The molecule has 3 aliphatic rings. The first kappa shape index (κ1) is 26.4. The van der Waals surface area contributed by atoms with Gasteiger partial charge in [-0.3, -0.25) is 14.3 Å². The maximum Gasteiger partial charge on any atom is 0.251 e. The number of carbonyl (C=O) groups is 2. The molecule has 0 spiro atoms. The fourth-order valence-electron chi connectivity index (χ4n) is 5.21. The molecule has 2 amide bonds. The Bertz CT molecular complexity index is 1570. The third-order valence-corrected chi connectivity index (χ3v) is 7.58. The van der Waals surface area contributed by atoms with Crippen molar-refractivity contribution in [1.82, 2.24) is 36.4 Å². The fourth-order valence-corrected chi connectivity index (χ4v) is 5.39. The van der Waals surface area contributed by atoms with Gasteiger partial charge >= 0.3 is 0 Å². The highest BCUT2D eigenvalue weighted by atomic mass is 35.5. The van der Waals surface area contributed by atoms with Crippen LogP contribution < -0.4 is 32.0 Å². The van der Waals surface area contributed by atoms with Crippen LogP contribution in [0.4, 0.5) is 11.4 Å². The zero-order chi connectivity index (χ0) is 28.5. The predicted octanol–water partition coefficient (Wildman–Crippen LogP) is 2.59. The van der Waals surface area contributed by atoms with Crippen molar-refractivity contribution in [2.24, 2.45) is 12.1 Å². The highest BCUT2D eigenvalue weighted by Gasteiger charge is 2.38. The number of benzene rings is 2. The number of nitrogens with one attached hydrogen (secondary N) is 5. The second kappa shape index (κ2) is 11.0. The van der Waals surface area contributed by atoms with Gasteiger partial charge in [0.05, 0.1) is 11.4 Å². The van der Waals surface area contributed by atoms with E-state index in [9.17, 15) is 9.59 Å². The van der Waals surface area contributed by atoms with Gasteiger partial charge in [0.15, 0.2) is 0 Å². The van der Waals surface area contributed by atoms with Crippen molar-refractivity contribution < 1.29 is 9.59 Å². The fraction of sp³-hybridized carbons (Fsp3) is 0.214. The highest BCUT2D eigenvalue weighted by molar-refractivity contribution is 6.30. The lowest BCUT2D eigenvalue weighted by atomic mass is 9.95. The molecule has 3 aromatic rings. The first-order valence-electron chi connectivity index (χ1n) is 13.1. The lowest BCUT2D eigenvalue weighted by molar-refractivity contribution is -0.135. The van der Waals surface area contributed by atoms with Crippen LogP contribution in [0.1, 0.15) is 40.3 Å². The number of rotatable bonds is 6. The smallest absolute Gasteiger partial charge is 0.251 e. The second-order valence-electron chi connectivity index (χ2n) is 9.84. The summed E-state index contributed by atoms with van der Waals surface area (Å²) in [4.78, 5) is 29.1. The lowest BCUT2D eigenvalue weighted by Crippen LogP contribution is -2.44. The summed E-state index contributed by atoms with van der Waals surface area (Å²) in [5.74, 6) is -0.602. The third-order valence-electron chi connectivity index (χ3n) is 7.35. The van der Waals surface area contributed by atoms with Crippen LogP contribution >= 0.6 is 11.6 Å². The molecule has 0 fully saturated rings. The average Bonchev–Trinajstić information content (AvgIpc) is 3.75. The minimum atomic E-state index is -0.845. The van der Waals surface area contributed by atoms with Crippen molar-refractivity contribution >= 4 is 47.2 Å². The molecule has 1 atom stereocenters. The number of aryl methyl sites for hydroxylation is 1. The monoisotopic (exact) mass is 572 g/mol. The first-order valence-corrected chi connectivity index (χ1v) is 13.5. The van der Waals surface area contributed by atoms with Gasteiger partial charge in [-0.1, -0.05) is 23.7 Å². The van der Waals surface area contributed by atoms with Gasteiger partial charge in [-0.25, -0.2) is 10.5 Å². The molecular formula is C28H29ClN10O2. The van der Waals surface area contributed by atoms with Gasteiger partial charge in [0, 0.05) is 66.0 Å². The van der Waals surface area contributed by atoms with Crippen LogP contribution in [0.2, 0.25) is 5.02 Å². The summed E-state index contributed by atoms with van der Waals surface area (Å²) in [5.41, 5.74) is 11.1. The summed E-state index contributed by atoms with van der Waals surface area (Å²) in [6, 6.07) is 12.1. The molecule has 4 heterocycles. The van der Waals surface area contributed by atoms with E-state index in [0.717, 1.165) is 28.2 Å². The molecule has 5 N–H and O–H groups in total. The zero-order valence-electron chi connectivity index (χ0n) is 22.4. The van der Waals surface area contributed by atoms with Gasteiger partial charge in [0.1, 0.15) is 18.5 Å². The Labute approximate surface area is 241 Å². The minimum absolute atomic E-state index is 0.0107. The van der Waals surface area contributed by atoms with Crippen LogP contribution in [0.5, 0.6) is 0 Å². The van der Waals surface area contributed by atoms with Crippen molar-refractivity contribution in [3.63, 3.8) is 0 Å². The quantitative estimate of drug-likeness (QED) is 0.285. The van der Waals surface area contributed by atoms with Crippen LogP contribution in [0.3, 0.4) is 0 Å². The van der Waals surface area contributed by atoms with E-state index < -0.39 is 6.04 Å². The van der Waals surface area contributed by atoms with Crippen molar-refractivity contribution in [3.8, 4) is 0 Å². The van der Waals surface area contributed by atoms with E-state index in [-0.39, 0.29) is 18.0 Å². The Balaban J connectivity index is 1.27. The molecule has 0 aliphatic carbocycles. The molecule has 2 aromatic carbocycles. The lowest BCUT2D eigenvalue weighted by Gasteiger charge is -2.34. The van der Waals surface area contributed by atoms with Gasteiger partial charge < -0.3 is 20.9 Å². The topological polar surface area (TPSA) is 131 Å². The molecule has 0 saturated heterocycles. The number of hydrogen-bond donors (Lipinski definition) is 5. The molecule has 13 heteroatoms. The molecule has 41 heavy (non-hydrogen) atoms. The Morgan fingerprint density at radius 1 is 1.12 bits per heavy atom. The zero-order valence-corrected chi connectivity index (χ0v) is 23.2. The number of aromatic nitrogens is 2. The summed E-state index contributed by atoms with van der Waals surface area (Å²) in [5, 5.41) is 20.2. The summed E-state index contributed by atoms with van der Waals surface area (Å²) in [7, 11) is 1.85. The van der Waals surface area contributed by atoms with Crippen molar-refractivity contribution in [2.45, 2.75) is 25.6 Å². The van der Waals surface area contributed by atoms with Crippen molar-refractivity contribution in [2.75, 3.05) is 16.9 Å². The number of hydrogen-bond acceptors (Lipinski definition) is 9. The Kier molecular flexibility index (Phi) is 7.08. The van der Waals surface area contributed by atoms with E-state index in [4.69, 9.17) is 11.6 Å². The maximum atomic E-state index is 13.8. The SMILES string of the molecule is Cc1c2c(nn1C)CCN(C(=O)/C=C/c1cc(Cl)ccc1N1C=NNN1)C2C(=O)Nc1ccc(C2NC=CN2)cc1. The molecule has 12 nitrogen and oxygen atoms in total. The van der Waals surface area contributed by atoms with Crippen LogP contribution in [0.25, 0.3) is 6.08 Å². The number of anilines is 2. The van der Waals surface area contributed by atoms with Gasteiger partial charge in [-0.2, -0.15) is 10.2 Å². The number of halogens is 1. The maximum absolute atomic E-state index is 13.8. The Morgan fingerprint density at radius 2 is 1.90 bits per heavy atom.